The molecular formula is C16H12FN5OS3. The average molecular weight is 406 g/mol. The lowest BCUT2D eigenvalue weighted by molar-refractivity contribution is -0.113. The molecule has 3 aromatic heterocycles. The van der Waals surface area contributed by atoms with E-state index in [1.807, 2.05) is 17.5 Å². The number of aromatic nitrogens is 4. The van der Waals surface area contributed by atoms with E-state index >= 15 is 0 Å². The number of carbonyl (C=O) groups is 1. The summed E-state index contributed by atoms with van der Waals surface area (Å²) in [5.41, 5.74) is 0.659. The largest absolute Gasteiger partial charge is 0.301 e. The van der Waals surface area contributed by atoms with Crippen LogP contribution in [0.5, 0.6) is 0 Å². The van der Waals surface area contributed by atoms with Crippen LogP contribution in [0.25, 0.3) is 10.2 Å². The Balaban J connectivity index is 1.32. The van der Waals surface area contributed by atoms with Crippen LogP contribution in [-0.4, -0.2) is 31.8 Å². The molecule has 10 heteroatoms. The Morgan fingerprint density at radius 2 is 2.23 bits per heavy atom. The first-order valence-electron chi connectivity index (χ1n) is 7.58. The van der Waals surface area contributed by atoms with Crippen molar-refractivity contribution < 1.29 is 9.18 Å². The van der Waals surface area contributed by atoms with Gasteiger partial charge in [-0.15, -0.1) is 16.4 Å². The third-order valence-corrected chi connectivity index (χ3v) is 6.02. The minimum absolute atomic E-state index is 0.167. The molecule has 1 aromatic carbocycles. The number of amides is 1. The van der Waals surface area contributed by atoms with Gasteiger partial charge in [0.25, 0.3) is 0 Å². The smallest absolute Gasteiger partial charge is 0.236 e. The first-order valence-corrected chi connectivity index (χ1v) is 10.3. The summed E-state index contributed by atoms with van der Waals surface area (Å²) in [6, 6.07) is 8.37. The van der Waals surface area contributed by atoms with Crippen LogP contribution in [0.15, 0.2) is 40.9 Å². The van der Waals surface area contributed by atoms with Crippen molar-refractivity contribution in [2.75, 3.05) is 11.1 Å². The molecule has 0 fully saturated rings. The molecule has 0 unspecified atom stereocenters. The van der Waals surface area contributed by atoms with E-state index in [1.165, 1.54) is 40.1 Å². The summed E-state index contributed by atoms with van der Waals surface area (Å²) in [4.78, 5) is 21.9. The van der Waals surface area contributed by atoms with Gasteiger partial charge in [0.1, 0.15) is 11.6 Å². The number of thioether (sulfide) groups is 1. The van der Waals surface area contributed by atoms with Crippen molar-refractivity contribution in [3.8, 4) is 0 Å². The molecule has 0 saturated carbocycles. The minimum atomic E-state index is -0.322. The maximum atomic E-state index is 13.2. The minimum Gasteiger partial charge on any atom is -0.301 e. The average Bonchev–Trinajstić information content (AvgIpc) is 3.34. The normalized spacial score (nSPS) is 11.1. The molecule has 0 aliphatic rings. The predicted octanol–water partition coefficient (Wildman–Crippen LogP) is 3.94. The maximum absolute atomic E-state index is 13.2. The van der Waals surface area contributed by atoms with E-state index in [9.17, 15) is 9.18 Å². The number of benzene rings is 1. The second-order valence-corrected chi connectivity index (χ2v) is 8.29. The highest BCUT2D eigenvalue weighted by atomic mass is 32.2. The van der Waals surface area contributed by atoms with E-state index in [4.69, 9.17) is 0 Å². The fourth-order valence-corrected chi connectivity index (χ4v) is 4.47. The summed E-state index contributed by atoms with van der Waals surface area (Å²) in [6.45, 7) is 0. The lowest BCUT2D eigenvalue weighted by atomic mass is 10.3. The number of nitrogens with one attached hydrogen (secondary N) is 2. The number of anilines is 1. The number of fused-ring (bicyclic) bond motifs is 1. The summed E-state index contributed by atoms with van der Waals surface area (Å²) < 4.78 is 13.9. The zero-order valence-corrected chi connectivity index (χ0v) is 15.7. The van der Waals surface area contributed by atoms with E-state index < -0.39 is 0 Å². The van der Waals surface area contributed by atoms with Crippen molar-refractivity contribution in [2.45, 2.75) is 11.6 Å². The molecule has 4 aromatic rings. The molecule has 0 aliphatic carbocycles. The number of hydrogen-bond donors (Lipinski definition) is 2. The number of carbonyl (C=O) groups excluding carboxylic acids is 1. The lowest BCUT2D eigenvalue weighted by Gasteiger charge is -1.98. The van der Waals surface area contributed by atoms with E-state index in [0.29, 0.717) is 26.9 Å². The molecule has 0 atom stereocenters. The van der Waals surface area contributed by atoms with Gasteiger partial charge in [-0.25, -0.2) is 14.4 Å². The van der Waals surface area contributed by atoms with E-state index in [0.717, 1.165) is 5.82 Å². The van der Waals surface area contributed by atoms with Gasteiger partial charge in [0.2, 0.25) is 11.1 Å². The Morgan fingerprint density at radius 3 is 3.08 bits per heavy atom. The number of nitrogens with zero attached hydrogens (tertiary/aromatic N) is 3. The van der Waals surface area contributed by atoms with Crippen molar-refractivity contribution in [2.24, 2.45) is 0 Å². The van der Waals surface area contributed by atoms with Crippen molar-refractivity contribution >= 4 is 55.7 Å². The second kappa shape index (κ2) is 7.52. The van der Waals surface area contributed by atoms with Gasteiger partial charge in [-0.3, -0.25) is 9.89 Å². The van der Waals surface area contributed by atoms with Crippen LogP contribution in [-0.2, 0) is 11.2 Å². The maximum Gasteiger partial charge on any atom is 0.236 e. The van der Waals surface area contributed by atoms with Gasteiger partial charge in [0, 0.05) is 11.3 Å². The number of H-pyrrole nitrogens is 1. The number of rotatable bonds is 6. The van der Waals surface area contributed by atoms with Crippen molar-refractivity contribution in [1.82, 2.24) is 20.2 Å². The Bertz CT molecular complexity index is 1040. The standard InChI is InChI=1S/C16H12FN5OS3/c17-9-3-4-11-12(6-9)26-15(18-11)20-14(23)8-25-16-19-13(21-22-16)7-10-2-1-5-24-10/h1-6H,7-8H2,(H,18,20,23)(H,19,21,22). The Hall–Kier alpha value is -2.30. The highest BCUT2D eigenvalue weighted by Crippen LogP contribution is 2.26. The van der Waals surface area contributed by atoms with E-state index in [1.54, 1.807) is 17.4 Å². The third kappa shape index (κ3) is 4.09. The summed E-state index contributed by atoms with van der Waals surface area (Å²) >= 11 is 4.15. The fraction of sp³-hybridized carbons (Fsp3) is 0.125. The molecule has 0 aliphatic heterocycles. The number of hydrogen-bond acceptors (Lipinski definition) is 7. The van der Waals surface area contributed by atoms with E-state index in [-0.39, 0.29) is 17.5 Å². The van der Waals surface area contributed by atoms with E-state index in [2.05, 4.69) is 25.5 Å². The summed E-state index contributed by atoms with van der Waals surface area (Å²) in [7, 11) is 0. The molecule has 4 rings (SSSR count). The number of thiazole rings is 1. The SMILES string of the molecule is O=C(CSc1n[nH]c(Cc2cccs2)n1)Nc1nc2ccc(F)cc2s1. The van der Waals surface area contributed by atoms with Gasteiger partial charge in [-0.2, -0.15) is 0 Å². The highest BCUT2D eigenvalue weighted by molar-refractivity contribution is 7.99. The molecular weight excluding hydrogens is 393 g/mol. The van der Waals surface area contributed by atoms with Gasteiger partial charge in [0.15, 0.2) is 5.13 Å². The predicted molar refractivity (Wildman–Crippen MR) is 102 cm³/mol. The van der Waals surface area contributed by atoms with Gasteiger partial charge < -0.3 is 5.32 Å². The molecule has 132 valence electrons. The molecule has 2 N–H and O–H groups in total. The molecule has 26 heavy (non-hydrogen) atoms. The van der Waals surface area contributed by atoms with Crippen LogP contribution in [0.2, 0.25) is 0 Å². The second-order valence-electron chi connectivity index (χ2n) is 5.29. The van der Waals surface area contributed by atoms with Crippen molar-refractivity contribution in [1.29, 1.82) is 0 Å². The van der Waals surface area contributed by atoms with Gasteiger partial charge >= 0.3 is 0 Å². The number of aromatic amines is 1. The van der Waals surface area contributed by atoms with Gasteiger partial charge in [-0.1, -0.05) is 29.2 Å². The lowest BCUT2D eigenvalue weighted by Crippen LogP contribution is -2.13. The monoisotopic (exact) mass is 405 g/mol. The van der Waals surface area contributed by atoms with Crippen LogP contribution in [0.3, 0.4) is 0 Å². The molecule has 0 bridgehead atoms. The molecule has 0 spiro atoms. The van der Waals surface area contributed by atoms with Crippen LogP contribution in [0.4, 0.5) is 9.52 Å². The zero-order chi connectivity index (χ0) is 17.9. The molecule has 3 heterocycles. The Kier molecular flexibility index (Phi) is 4.96. The summed E-state index contributed by atoms with van der Waals surface area (Å²) in [5, 5.41) is 12.7. The third-order valence-electron chi connectivity index (χ3n) is 3.36. The number of halogens is 1. The van der Waals surface area contributed by atoms with Crippen molar-refractivity contribution in [3.63, 3.8) is 0 Å². The van der Waals surface area contributed by atoms with Crippen LogP contribution < -0.4 is 5.32 Å². The fourth-order valence-electron chi connectivity index (χ4n) is 2.24. The molecule has 0 saturated heterocycles. The van der Waals surface area contributed by atoms with Crippen molar-refractivity contribution in [3.05, 3.63) is 52.2 Å². The molecule has 6 nitrogen and oxygen atoms in total. The molecule has 1 amide bonds. The Morgan fingerprint density at radius 1 is 1.31 bits per heavy atom. The topological polar surface area (TPSA) is 83.6 Å². The van der Waals surface area contributed by atoms with Crippen LogP contribution in [0.1, 0.15) is 10.7 Å². The summed E-state index contributed by atoms with van der Waals surface area (Å²) in [6.07, 6.45) is 0.694. The quantitative estimate of drug-likeness (QED) is 0.475. The first-order chi connectivity index (χ1) is 12.7. The Labute approximate surface area is 159 Å². The van der Waals surface area contributed by atoms with Crippen LogP contribution in [0, 0.1) is 5.82 Å². The van der Waals surface area contributed by atoms with Gasteiger partial charge in [0.05, 0.1) is 16.0 Å². The highest BCUT2D eigenvalue weighted by Gasteiger charge is 2.11. The first kappa shape index (κ1) is 17.1. The summed E-state index contributed by atoms with van der Waals surface area (Å²) in [5.74, 6) is 0.404. The van der Waals surface area contributed by atoms with Gasteiger partial charge in [-0.05, 0) is 29.6 Å². The zero-order valence-electron chi connectivity index (χ0n) is 13.2. The molecule has 0 radical (unpaired) electrons. The number of thiophene rings is 1. The van der Waals surface area contributed by atoms with Crippen LogP contribution >= 0.6 is 34.4 Å².